The molecule has 1 fully saturated rings. The Bertz CT molecular complexity index is 377. The minimum atomic E-state index is -0.509. The lowest BCUT2D eigenvalue weighted by molar-refractivity contribution is -0.123. The third-order valence-corrected chi connectivity index (χ3v) is 4.69. The average Bonchev–Trinajstić information content (AvgIpc) is 2.81. The van der Waals surface area contributed by atoms with E-state index < -0.39 is 6.04 Å². The third-order valence-electron chi connectivity index (χ3n) is 3.74. The maximum atomic E-state index is 12.1. The van der Waals surface area contributed by atoms with Crippen molar-refractivity contribution in [2.45, 2.75) is 51.1 Å². The molecule has 0 aromatic carbocycles. The highest BCUT2D eigenvalue weighted by Gasteiger charge is 2.22. The van der Waals surface area contributed by atoms with E-state index in [-0.39, 0.29) is 5.91 Å². The van der Waals surface area contributed by atoms with Crippen molar-refractivity contribution in [2.24, 2.45) is 11.7 Å². The van der Waals surface area contributed by atoms with Gasteiger partial charge in [-0.25, -0.2) is 0 Å². The maximum absolute atomic E-state index is 12.1. The minimum Gasteiger partial charge on any atom is -0.352 e. The number of thiophene rings is 1. The van der Waals surface area contributed by atoms with Crippen LogP contribution in [0.3, 0.4) is 0 Å². The zero-order valence-corrected chi connectivity index (χ0v) is 11.7. The van der Waals surface area contributed by atoms with Gasteiger partial charge in [0.05, 0.1) is 0 Å². The Kier molecular flexibility index (Phi) is 4.78. The summed E-state index contributed by atoms with van der Waals surface area (Å²) in [5.74, 6) is 0.759. The summed E-state index contributed by atoms with van der Waals surface area (Å²) < 4.78 is 0. The van der Waals surface area contributed by atoms with E-state index in [4.69, 9.17) is 5.73 Å². The van der Waals surface area contributed by atoms with Gasteiger partial charge < -0.3 is 11.1 Å². The molecule has 1 saturated carbocycles. The van der Waals surface area contributed by atoms with Gasteiger partial charge in [-0.3, -0.25) is 4.79 Å². The summed E-state index contributed by atoms with van der Waals surface area (Å²) in [4.78, 5) is 13.0. The van der Waals surface area contributed by atoms with Gasteiger partial charge in [0.25, 0.3) is 0 Å². The average molecular weight is 266 g/mol. The van der Waals surface area contributed by atoms with Crippen LogP contribution in [-0.2, 0) is 4.79 Å². The van der Waals surface area contributed by atoms with E-state index in [1.165, 1.54) is 19.3 Å². The largest absolute Gasteiger partial charge is 0.352 e. The summed E-state index contributed by atoms with van der Waals surface area (Å²) in [6.45, 7) is 2.29. The summed E-state index contributed by atoms with van der Waals surface area (Å²) in [6, 6.07) is 3.66. The Balaban J connectivity index is 1.87. The molecule has 0 saturated heterocycles. The molecule has 0 radical (unpaired) electrons. The summed E-state index contributed by atoms with van der Waals surface area (Å²) in [6.07, 6.45) is 5.88. The van der Waals surface area contributed by atoms with Gasteiger partial charge in [-0.15, -0.1) is 11.3 Å². The Labute approximate surface area is 113 Å². The van der Waals surface area contributed by atoms with Crippen LogP contribution < -0.4 is 11.1 Å². The van der Waals surface area contributed by atoms with Crippen LogP contribution in [0.1, 0.15) is 49.9 Å². The first kappa shape index (κ1) is 13.6. The van der Waals surface area contributed by atoms with Gasteiger partial charge in [0, 0.05) is 10.9 Å². The molecule has 1 aromatic rings. The summed E-state index contributed by atoms with van der Waals surface area (Å²) in [5.41, 5.74) is 5.96. The molecule has 3 N–H and O–H groups in total. The van der Waals surface area contributed by atoms with Gasteiger partial charge in [0.2, 0.25) is 5.91 Å². The molecule has 3 unspecified atom stereocenters. The predicted octanol–water partition coefficient (Wildman–Crippen LogP) is 2.83. The van der Waals surface area contributed by atoms with Crippen molar-refractivity contribution in [3.63, 3.8) is 0 Å². The Morgan fingerprint density at radius 3 is 3.00 bits per heavy atom. The van der Waals surface area contributed by atoms with Crippen molar-refractivity contribution in [1.82, 2.24) is 5.32 Å². The Morgan fingerprint density at radius 1 is 1.44 bits per heavy atom. The van der Waals surface area contributed by atoms with Crippen LogP contribution in [0.25, 0.3) is 0 Å². The molecule has 0 aliphatic heterocycles. The molecule has 0 spiro atoms. The van der Waals surface area contributed by atoms with Crippen LogP contribution >= 0.6 is 11.3 Å². The summed E-state index contributed by atoms with van der Waals surface area (Å²) >= 11 is 1.54. The highest BCUT2D eigenvalue weighted by atomic mass is 32.1. The zero-order valence-electron chi connectivity index (χ0n) is 10.9. The second-order valence-electron chi connectivity index (χ2n) is 5.31. The second-order valence-corrected chi connectivity index (χ2v) is 6.29. The number of hydrogen-bond donors (Lipinski definition) is 2. The number of carbonyl (C=O) groups is 1. The number of hydrogen-bond acceptors (Lipinski definition) is 3. The molecule has 100 valence electrons. The number of carbonyl (C=O) groups excluding carboxylic acids is 1. The smallest absolute Gasteiger partial charge is 0.242 e. The van der Waals surface area contributed by atoms with Crippen LogP contribution in [0.4, 0.5) is 0 Å². The van der Waals surface area contributed by atoms with E-state index in [1.54, 1.807) is 11.3 Å². The zero-order chi connectivity index (χ0) is 13.0. The van der Waals surface area contributed by atoms with Crippen LogP contribution in [-0.4, -0.2) is 11.9 Å². The van der Waals surface area contributed by atoms with Crippen LogP contribution in [0.15, 0.2) is 17.5 Å². The van der Waals surface area contributed by atoms with Crippen molar-refractivity contribution in [3.05, 3.63) is 22.4 Å². The van der Waals surface area contributed by atoms with Gasteiger partial charge in [-0.2, -0.15) is 0 Å². The molecule has 0 bridgehead atoms. The SMILES string of the molecule is CC1CCCC(NC(=O)C(N)c2cccs2)CC1. The number of rotatable bonds is 3. The van der Waals surface area contributed by atoms with Gasteiger partial charge in [0.1, 0.15) is 6.04 Å². The number of amides is 1. The van der Waals surface area contributed by atoms with E-state index >= 15 is 0 Å². The first-order valence-electron chi connectivity index (χ1n) is 6.76. The van der Waals surface area contributed by atoms with Gasteiger partial charge >= 0.3 is 0 Å². The van der Waals surface area contributed by atoms with E-state index in [9.17, 15) is 4.79 Å². The molecule has 1 aromatic heterocycles. The summed E-state index contributed by atoms with van der Waals surface area (Å²) in [7, 11) is 0. The van der Waals surface area contributed by atoms with Crippen molar-refractivity contribution in [1.29, 1.82) is 0 Å². The molecule has 4 heteroatoms. The van der Waals surface area contributed by atoms with Crippen LogP contribution in [0.5, 0.6) is 0 Å². The van der Waals surface area contributed by atoms with E-state index in [0.717, 1.165) is 23.6 Å². The van der Waals surface area contributed by atoms with Crippen molar-refractivity contribution < 1.29 is 4.79 Å². The fraction of sp³-hybridized carbons (Fsp3) is 0.643. The Morgan fingerprint density at radius 2 is 2.28 bits per heavy atom. The molecule has 18 heavy (non-hydrogen) atoms. The maximum Gasteiger partial charge on any atom is 0.242 e. The minimum absolute atomic E-state index is 0.0306. The van der Waals surface area contributed by atoms with Crippen LogP contribution in [0.2, 0.25) is 0 Å². The lowest BCUT2D eigenvalue weighted by atomic mass is 10.0. The highest BCUT2D eigenvalue weighted by molar-refractivity contribution is 7.10. The third kappa shape index (κ3) is 3.56. The van der Waals surface area contributed by atoms with E-state index in [2.05, 4.69) is 12.2 Å². The van der Waals surface area contributed by atoms with Gasteiger partial charge in [-0.1, -0.05) is 25.8 Å². The molecule has 1 amide bonds. The first-order valence-corrected chi connectivity index (χ1v) is 7.64. The molecule has 1 heterocycles. The lowest BCUT2D eigenvalue weighted by Gasteiger charge is -2.19. The number of nitrogens with two attached hydrogens (primary N) is 1. The normalized spacial score (nSPS) is 26.3. The van der Waals surface area contributed by atoms with Crippen molar-refractivity contribution in [3.8, 4) is 0 Å². The molecule has 2 rings (SSSR count). The molecule has 1 aliphatic rings. The highest BCUT2D eigenvalue weighted by Crippen LogP contribution is 2.23. The molecular formula is C14H22N2OS. The monoisotopic (exact) mass is 266 g/mol. The summed E-state index contributed by atoms with van der Waals surface area (Å²) in [5, 5.41) is 5.06. The van der Waals surface area contributed by atoms with Gasteiger partial charge in [-0.05, 0) is 36.6 Å². The van der Waals surface area contributed by atoms with E-state index in [1.807, 2.05) is 17.5 Å². The molecular weight excluding hydrogens is 244 g/mol. The Hall–Kier alpha value is -0.870. The topological polar surface area (TPSA) is 55.1 Å². The fourth-order valence-electron chi connectivity index (χ4n) is 2.52. The first-order chi connectivity index (χ1) is 8.66. The predicted molar refractivity (Wildman–Crippen MR) is 75.4 cm³/mol. The van der Waals surface area contributed by atoms with Crippen molar-refractivity contribution >= 4 is 17.2 Å². The quantitative estimate of drug-likeness (QED) is 0.827. The molecule has 1 aliphatic carbocycles. The van der Waals surface area contributed by atoms with Crippen LogP contribution in [0, 0.1) is 5.92 Å². The fourth-order valence-corrected chi connectivity index (χ4v) is 3.24. The number of nitrogens with one attached hydrogen (secondary N) is 1. The van der Waals surface area contributed by atoms with E-state index in [0.29, 0.717) is 6.04 Å². The van der Waals surface area contributed by atoms with Gasteiger partial charge in [0.15, 0.2) is 0 Å². The standard InChI is InChI=1S/C14H22N2OS/c1-10-4-2-5-11(8-7-10)16-14(17)13(15)12-6-3-9-18-12/h3,6,9-11,13H,2,4-5,7-8,15H2,1H3,(H,16,17). The molecule has 3 atom stereocenters. The molecule has 3 nitrogen and oxygen atoms in total. The lowest BCUT2D eigenvalue weighted by Crippen LogP contribution is -2.40. The second kappa shape index (κ2) is 6.34. The van der Waals surface area contributed by atoms with Crippen molar-refractivity contribution in [2.75, 3.05) is 0 Å².